The third kappa shape index (κ3) is 3.58. The number of carbonyl (C=O) groups excluding carboxylic acids is 2. The summed E-state index contributed by atoms with van der Waals surface area (Å²) in [6, 6.07) is 5.80. The van der Waals surface area contributed by atoms with Crippen molar-refractivity contribution >= 4 is 17.6 Å². The number of rotatable bonds is 3. The number of anilines is 1. The number of hydrogen-bond acceptors (Lipinski definition) is 5. The van der Waals surface area contributed by atoms with Gasteiger partial charge < -0.3 is 14.7 Å². The summed E-state index contributed by atoms with van der Waals surface area (Å²) in [6.07, 6.45) is 1.89. The molecule has 25 heavy (non-hydrogen) atoms. The van der Waals surface area contributed by atoms with Crippen molar-refractivity contribution in [1.82, 2.24) is 14.8 Å². The lowest BCUT2D eigenvalue weighted by atomic mass is 10.1. The number of aromatic nitrogens is 1. The highest BCUT2D eigenvalue weighted by Gasteiger charge is 2.38. The van der Waals surface area contributed by atoms with E-state index in [9.17, 15) is 9.59 Å². The maximum absolute atomic E-state index is 12.7. The molecule has 2 fully saturated rings. The molecule has 0 radical (unpaired) electrons. The van der Waals surface area contributed by atoms with E-state index in [-0.39, 0.29) is 23.8 Å². The maximum Gasteiger partial charge on any atom is 0.228 e. The van der Waals surface area contributed by atoms with Crippen molar-refractivity contribution in [3.63, 3.8) is 0 Å². The Balaban J connectivity index is 1.56. The van der Waals surface area contributed by atoms with Gasteiger partial charge in [-0.15, -0.1) is 0 Å². The molecular formula is C18H23N5O2. The molecule has 7 nitrogen and oxygen atoms in total. The molecule has 0 unspecified atom stereocenters. The monoisotopic (exact) mass is 341 g/mol. The minimum absolute atomic E-state index is 0.0776. The zero-order chi connectivity index (χ0) is 18.0. The average Bonchev–Trinajstić information content (AvgIpc) is 3.03. The van der Waals surface area contributed by atoms with E-state index in [0.29, 0.717) is 44.7 Å². The smallest absolute Gasteiger partial charge is 0.228 e. The van der Waals surface area contributed by atoms with E-state index in [0.717, 1.165) is 5.82 Å². The fraction of sp³-hybridized carbons (Fsp3) is 0.556. The summed E-state index contributed by atoms with van der Waals surface area (Å²) in [4.78, 5) is 34.8. The minimum Gasteiger partial charge on any atom is -0.353 e. The lowest BCUT2D eigenvalue weighted by molar-refractivity contribution is -0.136. The molecule has 7 heteroatoms. The van der Waals surface area contributed by atoms with E-state index < -0.39 is 0 Å². The summed E-state index contributed by atoms with van der Waals surface area (Å²) in [5.41, 5.74) is 0.540. The fourth-order valence-corrected chi connectivity index (χ4v) is 3.45. The van der Waals surface area contributed by atoms with Gasteiger partial charge in [0.1, 0.15) is 11.9 Å². The van der Waals surface area contributed by atoms with Crippen LogP contribution in [0.2, 0.25) is 0 Å². The van der Waals surface area contributed by atoms with Gasteiger partial charge in [-0.1, -0.05) is 0 Å². The van der Waals surface area contributed by atoms with Gasteiger partial charge in [0.15, 0.2) is 0 Å². The number of nitrogens with zero attached hydrogens (tertiary/aromatic N) is 5. The Kier molecular flexibility index (Phi) is 4.88. The molecule has 0 aromatic carbocycles. The second-order valence-corrected chi connectivity index (χ2v) is 6.87. The zero-order valence-electron chi connectivity index (χ0n) is 14.7. The van der Waals surface area contributed by atoms with Gasteiger partial charge in [-0.25, -0.2) is 4.98 Å². The third-order valence-electron chi connectivity index (χ3n) is 4.92. The molecule has 1 aromatic heterocycles. The van der Waals surface area contributed by atoms with Crippen molar-refractivity contribution in [2.45, 2.75) is 26.3 Å². The number of likely N-dealkylation sites (tertiary alicyclic amines) is 1. The van der Waals surface area contributed by atoms with Crippen molar-refractivity contribution in [3.05, 3.63) is 23.9 Å². The van der Waals surface area contributed by atoms with E-state index in [1.165, 1.54) is 0 Å². The molecule has 1 atom stereocenters. The number of hydrogen-bond donors (Lipinski definition) is 0. The molecule has 0 saturated carbocycles. The first-order valence-corrected chi connectivity index (χ1v) is 8.69. The highest BCUT2D eigenvalue weighted by atomic mass is 16.2. The highest BCUT2D eigenvalue weighted by Crippen LogP contribution is 2.23. The van der Waals surface area contributed by atoms with E-state index >= 15 is 0 Å². The maximum atomic E-state index is 12.7. The topological polar surface area (TPSA) is 80.5 Å². The first-order chi connectivity index (χ1) is 12.0. The Morgan fingerprint density at radius 1 is 1.28 bits per heavy atom. The predicted molar refractivity (Wildman–Crippen MR) is 92.7 cm³/mol. The number of pyridine rings is 1. The summed E-state index contributed by atoms with van der Waals surface area (Å²) in [5.74, 6) is 0.778. The number of nitriles is 1. The van der Waals surface area contributed by atoms with Gasteiger partial charge in [0.05, 0.1) is 11.5 Å². The van der Waals surface area contributed by atoms with E-state index in [4.69, 9.17) is 5.26 Å². The Morgan fingerprint density at radius 2 is 2.00 bits per heavy atom. The lowest BCUT2D eigenvalue weighted by Gasteiger charge is -2.36. The molecule has 2 aliphatic heterocycles. The van der Waals surface area contributed by atoms with Gasteiger partial charge in [0.2, 0.25) is 11.8 Å². The van der Waals surface area contributed by atoms with Crippen LogP contribution in [0.1, 0.15) is 25.8 Å². The first kappa shape index (κ1) is 17.2. The Hall–Kier alpha value is -2.62. The van der Waals surface area contributed by atoms with Crippen molar-refractivity contribution in [1.29, 1.82) is 5.26 Å². The molecule has 2 amide bonds. The van der Waals surface area contributed by atoms with Crippen LogP contribution >= 0.6 is 0 Å². The van der Waals surface area contributed by atoms with Crippen molar-refractivity contribution in [3.8, 4) is 6.07 Å². The van der Waals surface area contributed by atoms with Crippen molar-refractivity contribution in [2.75, 3.05) is 37.6 Å². The van der Waals surface area contributed by atoms with E-state index in [2.05, 4.69) is 16.0 Å². The number of amides is 2. The van der Waals surface area contributed by atoms with E-state index in [1.807, 2.05) is 24.8 Å². The van der Waals surface area contributed by atoms with Gasteiger partial charge in [-0.05, 0) is 26.0 Å². The Bertz CT molecular complexity index is 686. The van der Waals surface area contributed by atoms with Crippen LogP contribution in [0, 0.1) is 17.2 Å². The zero-order valence-corrected chi connectivity index (χ0v) is 14.7. The summed E-state index contributed by atoms with van der Waals surface area (Å²) in [7, 11) is 0. The van der Waals surface area contributed by atoms with E-state index in [1.54, 1.807) is 17.2 Å². The summed E-state index contributed by atoms with van der Waals surface area (Å²) < 4.78 is 0. The Morgan fingerprint density at radius 3 is 2.52 bits per heavy atom. The molecular weight excluding hydrogens is 318 g/mol. The second kappa shape index (κ2) is 7.09. The molecule has 0 N–H and O–H groups in total. The van der Waals surface area contributed by atoms with Crippen LogP contribution in [0.15, 0.2) is 18.3 Å². The summed E-state index contributed by atoms with van der Waals surface area (Å²) in [5, 5.41) is 8.83. The molecule has 132 valence electrons. The van der Waals surface area contributed by atoms with Crippen LogP contribution in [0.25, 0.3) is 0 Å². The van der Waals surface area contributed by atoms with Crippen LogP contribution in [0.5, 0.6) is 0 Å². The van der Waals surface area contributed by atoms with Crippen LogP contribution in [-0.2, 0) is 9.59 Å². The second-order valence-electron chi connectivity index (χ2n) is 6.87. The van der Waals surface area contributed by atoms with Crippen LogP contribution in [0.3, 0.4) is 0 Å². The van der Waals surface area contributed by atoms with Gasteiger partial charge in [-0.3, -0.25) is 9.59 Å². The quantitative estimate of drug-likeness (QED) is 0.814. The minimum atomic E-state index is -0.213. The molecule has 2 aliphatic rings. The normalized spacial score (nSPS) is 21.0. The summed E-state index contributed by atoms with van der Waals surface area (Å²) >= 11 is 0. The SMILES string of the molecule is CC(C)N1C[C@H](C(=O)N2CCN(c3ccc(C#N)cn3)CC2)CC1=O. The van der Waals surface area contributed by atoms with Gasteiger partial charge in [-0.2, -0.15) is 5.26 Å². The van der Waals surface area contributed by atoms with Gasteiger partial charge >= 0.3 is 0 Å². The first-order valence-electron chi connectivity index (χ1n) is 8.69. The van der Waals surface area contributed by atoms with Crippen LogP contribution < -0.4 is 4.90 Å². The number of carbonyl (C=O) groups is 2. The lowest BCUT2D eigenvalue weighted by Crippen LogP contribution is -2.51. The van der Waals surface area contributed by atoms with Gasteiger partial charge in [0.25, 0.3) is 0 Å². The van der Waals surface area contributed by atoms with Crippen molar-refractivity contribution in [2.24, 2.45) is 5.92 Å². The fourth-order valence-electron chi connectivity index (χ4n) is 3.45. The van der Waals surface area contributed by atoms with Crippen LogP contribution in [0.4, 0.5) is 5.82 Å². The predicted octanol–water partition coefficient (Wildman–Crippen LogP) is 0.859. The largest absolute Gasteiger partial charge is 0.353 e. The molecule has 0 bridgehead atoms. The molecule has 3 rings (SSSR count). The molecule has 3 heterocycles. The molecule has 0 spiro atoms. The number of piperazine rings is 1. The molecule has 1 aromatic rings. The Labute approximate surface area is 147 Å². The van der Waals surface area contributed by atoms with Crippen molar-refractivity contribution < 1.29 is 9.59 Å². The highest BCUT2D eigenvalue weighted by molar-refractivity contribution is 5.89. The standard InChI is InChI=1S/C18H23N5O2/c1-13(2)23-12-15(9-17(23)24)18(25)22-7-5-21(6-8-22)16-4-3-14(10-19)11-20-16/h3-4,11,13,15H,5-9,12H2,1-2H3/t15-/m1/s1. The third-order valence-corrected chi connectivity index (χ3v) is 4.92. The van der Waals surface area contributed by atoms with Gasteiger partial charge in [0, 0.05) is 51.4 Å². The molecule has 2 saturated heterocycles. The van der Waals surface area contributed by atoms with Crippen LogP contribution in [-0.4, -0.2) is 65.4 Å². The average molecular weight is 341 g/mol. The molecule has 0 aliphatic carbocycles. The summed E-state index contributed by atoms with van der Waals surface area (Å²) in [6.45, 7) is 7.17.